The summed E-state index contributed by atoms with van der Waals surface area (Å²) in [7, 11) is 1.68. The van der Waals surface area contributed by atoms with Gasteiger partial charge in [-0.2, -0.15) is 4.99 Å². The second-order valence-corrected chi connectivity index (χ2v) is 3.77. The topological polar surface area (TPSA) is 87.8 Å². The van der Waals surface area contributed by atoms with E-state index in [4.69, 9.17) is 5.73 Å². The van der Waals surface area contributed by atoms with Gasteiger partial charge in [0, 0.05) is 18.3 Å². The van der Waals surface area contributed by atoms with Gasteiger partial charge in [0.15, 0.2) is 0 Å². The van der Waals surface area contributed by atoms with Crippen molar-refractivity contribution in [1.29, 1.82) is 0 Å². The quantitative estimate of drug-likeness (QED) is 0.658. The molecule has 1 aromatic rings. The third kappa shape index (κ3) is 2.41. The summed E-state index contributed by atoms with van der Waals surface area (Å²) in [5.74, 6) is -0.338. The number of guanidine groups is 1. The monoisotopic (exact) mass is 232 g/mol. The highest BCUT2D eigenvalue weighted by Crippen LogP contribution is 2.08. The van der Waals surface area contributed by atoms with Gasteiger partial charge >= 0.3 is 0 Å². The summed E-state index contributed by atoms with van der Waals surface area (Å²) in [6.45, 7) is 0.211. The van der Waals surface area contributed by atoms with E-state index in [1.54, 1.807) is 36.2 Å². The van der Waals surface area contributed by atoms with Crippen LogP contribution in [0.2, 0.25) is 0 Å². The molecule has 1 saturated heterocycles. The van der Waals surface area contributed by atoms with Crippen LogP contribution in [0.4, 0.5) is 5.69 Å². The normalized spacial score (nSPS) is 17.4. The van der Waals surface area contributed by atoms with Gasteiger partial charge in [0.25, 0.3) is 5.91 Å². The maximum Gasteiger partial charge on any atom is 0.280 e. The first-order valence-corrected chi connectivity index (χ1v) is 5.06. The largest absolute Gasteiger partial charge is 0.399 e. The molecule has 0 bridgehead atoms. The van der Waals surface area contributed by atoms with Gasteiger partial charge in [0.1, 0.15) is 0 Å². The Kier molecular flexibility index (Phi) is 2.78. The van der Waals surface area contributed by atoms with Crippen LogP contribution in [0.1, 0.15) is 10.4 Å². The third-order valence-electron chi connectivity index (χ3n) is 2.33. The number of aliphatic imine (C=N–C) groups is 1. The van der Waals surface area contributed by atoms with Crippen LogP contribution in [-0.2, 0) is 4.79 Å². The molecule has 1 aromatic carbocycles. The number of hydrogen-bond acceptors (Lipinski definition) is 3. The Morgan fingerprint density at radius 1 is 1.53 bits per heavy atom. The fourth-order valence-electron chi connectivity index (χ4n) is 1.50. The molecule has 6 heteroatoms. The molecule has 2 rings (SSSR count). The minimum absolute atomic E-state index is 0.174. The molecule has 0 saturated carbocycles. The summed E-state index contributed by atoms with van der Waals surface area (Å²) in [5, 5.41) is 2.50. The maximum atomic E-state index is 11.8. The van der Waals surface area contributed by atoms with Crippen LogP contribution >= 0.6 is 0 Å². The van der Waals surface area contributed by atoms with Gasteiger partial charge in [-0.1, -0.05) is 6.07 Å². The minimum atomic E-state index is -0.429. The van der Waals surface area contributed by atoms with E-state index in [9.17, 15) is 9.59 Å². The molecular formula is C11H12N4O2. The number of nitrogens with two attached hydrogens (primary N) is 1. The molecule has 2 amide bonds. The fourth-order valence-corrected chi connectivity index (χ4v) is 1.50. The van der Waals surface area contributed by atoms with Crippen LogP contribution in [-0.4, -0.2) is 36.3 Å². The average molecular weight is 232 g/mol. The molecule has 1 heterocycles. The highest BCUT2D eigenvalue weighted by molar-refractivity contribution is 6.10. The Labute approximate surface area is 98.1 Å². The second kappa shape index (κ2) is 4.25. The number of carbonyl (C=O) groups is 2. The number of anilines is 1. The minimum Gasteiger partial charge on any atom is -0.399 e. The van der Waals surface area contributed by atoms with Crippen molar-refractivity contribution < 1.29 is 9.59 Å². The van der Waals surface area contributed by atoms with Gasteiger partial charge in [-0.15, -0.1) is 0 Å². The number of hydrogen-bond donors (Lipinski definition) is 2. The number of nitrogens with one attached hydrogen (secondary N) is 1. The maximum absolute atomic E-state index is 11.8. The van der Waals surface area contributed by atoms with E-state index in [0.717, 1.165) is 0 Å². The first kappa shape index (κ1) is 11.1. The second-order valence-electron chi connectivity index (χ2n) is 3.77. The molecular weight excluding hydrogens is 220 g/mol. The van der Waals surface area contributed by atoms with Crippen molar-refractivity contribution in [2.75, 3.05) is 19.3 Å². The van der Waals surface area contributed by atoms with Gasteiger partial charge in [-0.25, -0.2) is 0 Å². The molecule has 6 nitrogen and oxygen atoms in total. The molecule has 17 heavy (non-hydrogen) atoms. The lowest BCUT2D eigenvalue weighted by Crippen LogP contribution is -2.28. The van der Waals surface area contributed by atoms with Gasteiger partial charge < -0.3 is 10.6 Å². The molecule has 0 radical (unpaired) electrons. The number of nitrogen functional groups attached to an aromatic ring is 1. The molecule has 0 aromatic heterocycles. The van der Waals surface area contributed by atoms with Crippen molar-refractivity contribution >= 4 is 23.5 Å². The Morgan fingerprint density at radius 2 is 2.29 bits per heavy atom. The van der Waals surface area contributed by atoms with E-state index in [1.165, 1.54) is 0 Å². The van der Waals surface area contributed by atoms with E-state index >= 15 is 0 Å². The lowest BCUT2D eigenvalue weighted by Gasteiger charge is -2.07. The van der Waals surface area contributed by atoms with Crippen molar-refractivity contribution in [1.82, 2.24) is 10.2 Å². The molecule has 0 spiro atoms. The van der Waals surface area contributed by atoms with Gasteiger partial charge in [-0.05, 0) is 18.2 Å². The van der Waals surface area contributed by atoms with Gasteiger partial charge in [0.2, 0.25) is 11.9 Å². The first-order valence-electron chi connectivity index (χ1n) is 5.06. The van der Waals surface area contributed by atoms with Crippen molar-refractivity contribution in [3.05, 3.63) is 29.8 Å². The summed E-state index contributed by atoms with van der Waals surface area (Å²) < 4.78 is 0. The van der Waals surface area contributed by atoms with Crippen LogP contribution in [0.3, 0.4) is 0 Å². The highest BCUT2D eigenvalue weighted by atomic mass is 16.2. The zero-order valence-corrected chi connectivity index (χ0v) is 9.30. The summed E-state index contributed by atoms with van der Waals surface area (Å²) >= 11 is 0. The predicted octanol–water partition coefficient (Wildman–Crippen LogP) is -0.173. The Hall–Kier alpha value is -2.37. The summed E-state index contributed by atoms with van der Waals surface area (Å²) in [6.07, 6.45) is 0. The van der Waals surface area contributed by atoms with Crippen molar-refractivity contribution in [2.24, 2.45) is 4.99 Å². The summed E-state index contributed by atoms with van der Waals surface area (Å²) in [5.41, 5.74) is 6.47. The SMILES string of the molecule is CN1CC(=O)NC1=NC(=O)c1cccc(N)c1. The molecule has 0 unspecified atom stereocenters. The molecule has 88 valence electrons. The average Bonchev–Trinajstić information content (AvgIpc) is 2.57. The molecule has 1 aliphatic rings. The van der Waals surface area contributed by atoms with E-state index < -0.39 is 5.91 Å². The van der Waals surface area contributed by atoms with E-state index in [-0.39, 0.29) is 18.4 Å². The number of amides is 2. The van der Waals surface area contributed by atoms with Crippen molar-refractivity contribution in [2.45, 2.75) is 0 Å². The van der Waals surface area contributed by atoms with Crippen LogP contribution in [0.15, 0.2) is 29.3 Å². The van der Waals surface area contributed by atoms with Crippen LogP contribution < -0.4 is 11.1 Å². The Balaban J connectivity index is 2.22. The number of benzene rings is 1. The Morgan fingerprint density at radius 3 is 2.88 bits per heavy atom. The summed E-state index contributed by atoms with van der Waals surface area (Å²) in [4.78, 5) is 28.3. The molecule has 3 N–H and O–H groups in total. The molecule has 0 atom stereocenters. The van der Waals surface area contributed by atoms with E-state index in [1.807, 2.05) is 0 Å². The number of nitrogens with zero attached hydrogens (tertiary/aromatic N) is 2. The number of rotatable bonds is 1. The molecule has 1 fully saturated rings. The van der Waals surface area contributed by atoms with E-state index in [0.29, 0.717) is 11.3 Å². The zero-order valence-electron chi connectivity index (χ0n) is 9.30. The van der Waals surface area contributed by atoms with Crippen LogP contribution in [0, 0.1) is 0 Å². The fraction of sp³-hybridized carbons (Fsp3) is 0.182. The lowest BCUT2D eigenvalue weighted by atomic mass is 10.2. The number of likely N-dealkylation sites (N-methyl/N-ethyl adjacent to an activating group) is 1. The first-order chi connectivity index (χ1) is 8.06. The zero-order chi connectivity index (χ0) is 12.4. The highest BCUT2D eigenvalue weighted by Gasteiger charge is 2.22. The number of carbonyl (C=O) groups excluding carboxylic acids is 2. The van der Waals surface area contributed by atoms with Crippen molar-refractivity contribution in [3.63, 3.8) is 0 Å². The lowest BCUT2D eigenvalue weighted by molar-refractivity contribution is -0.118. The van der Waals surface area contributed by atoms with Crippen LogP contribution in [0.25, 0.3) is 0 Å². The van der Waals surface area contributed by atoms with Gasteiger partial charge in [-0.3, -0.25) is 14.9 Å². The summed E-state index contributed by atoms with van der Waals surface area (Å²) in [6, 6.07) is 6.54. The smallest absolute Gasteiger partial charge is 0.280 e. The third-order valence-corrected chi connectivity index (χ3v) is 2.33. The van der Waals surface area contributed by atoms with Crippen molar-refractivity contribution in [3.8, 4) is 0 Å². The van der Waals surface area contributed by atoms with Gasteiger partial charge in [0.05, 0.1) is 6.54 Å². The van der Waals surface area contributed by atoms with E-state index in [2.05, 4.69) is 10.3 Å². The Bertz CT molecular complexity index is 510. The standard InChI is InChI=1S/C11H12N4O2/c1-15-6-9(16)13-11(15)14-10(17)7-3-2-4-8(12)5-7/h2-5H,6,12H2,1H3,(H,13,14,16,17). The molecule has 1 aliphatic heterocycles. The van der Waals surface area contributed by atoms with Crippen LogP contribution in [0.5, 0.6) is 0 Å². The molecule has 0 aliphatic carbocycles. The predicted molar refractivity (Wildman–Crippen MR) is 63.4 cm³/mol.